The molecule has 0 radical (unpaired) electrons. The van der Waals surface area contributed by atoms with E-state index in [1.165, 1.54) is 0 Å². The summed E-state index contributed by atoms with van der Waals surface area (Å²) in [5.41, 5.74) is 9.11. The number of urea groups is 1. The minimum absolute atomic E-state index is 0.0445. The first-order valence-corrected chi connectivity index (χ1v) is 11.4. The number of aliphatic hydroxyl groups is 1. The smallest absolute Gasteiger partial charge is 0.321 e. The van der Waals surface area contributed by atoms with E-state index >= 15 is 0 Å². The fraction of sp³-hybridized carbons (Fsp3) is 0.208. The monoisotopic (exact) mass is 499 g/mol. The minimum atomic E-state index is -0.354. The van der Waals surface area contributed by atoms with Crippen molar-refractivity contribution >= 4 is 46.6 Å². The Bertz CT molecular complexity index is 1200. The molecule has 0 bridgehead atoms. The molecule has 1 aromatic heterocycles. The van der Waals surface area contributed by atoms with Crippen LogP contribution in [0.3, 0.4) is 0 Å². The van der Waals surface area contributed by atoms with E-state index < -0.39 is 0 Å². The fourth-order valence-corrected chi connectivity index (χ4v) is 4.30. The number of aromatic nitrogens is 1. The predicted molar refractivity (Wildman–Crippen MR) is 133 cm³/mol. The van der Waals surface area contributed by atoms with Crippen molar-refractivity contribution in [2.75, 3.05) is 24.1 Å². The second-order valence-corrected chi connectivity index (χ2v) is 8.88. The summed E-state index contributed by atoms with van der Waals surface area (Å²) in [4.78, 5) is 31.3. The molecule has 0 unspecified atom stereocenters. The van der Waals surface area contributed by atoms with E-state index in [0.717, 1.165) is 16.7 Å². The molecule has 1 fully saturated rings. The van der Waals surface area contributed by atoms with Gasteiger partial charge >= 0.3 is 6.03 Å². The topological polar surface area (TPSA) is 121 Å². The number of hydrogen-bond acceptors (Lipinski definition) is 5. The molecule has 1 saturated heterocycles. The van der Waals surface area contributed by atoms with Gasteiger partial charge in [0.05, 0.1) is 12.2 Å². The summed E-state index contributed by atoms with van der Waals surface area (Å²) in [6.45, 7) is 0.786. The van der Waals surface area contributed by atoms with Crippen LogP contribution in [0.2, 0.25) is 10.0 Å². The first kappa shape index (κ1) is 23.8. The molecule has 4 rings (SSSR count). The molecular weight excluding hydrogens is 477 g/mol. The van der Waals surface area contributed by atoms with Crippen LogP contribution in [0, 0.1) is 0 Å². The number of nitrogens with one attached hydrogen (secondary N) is 2. The number of amides is 3. The third kappa shape index (κ3) is 5.59. The Hall–Kier alpha value is -3.33. The van der Waals surface area contributed by atoms with Gasteiger partial charge in [-0.25, -0.2) is 9.78 Å². The molecular formula is C24H23Cl2N5O3. The number of hydrogen-bond donors (Lipinski definition) is 4. The molecule has 176 valence electrons. The van der Waals surface area contributed by atoms with Crippen LogP contribution in [0.15, 0.2) is 54.7 Å². The number of pyridine rings is 1. The SMILES string of the molecule is Nc1ncc(-c2ccc(CO)cc2)cc1C(=O)N[C@@H]1CCN(C(=O)Nc2cc(Cl)cc(Cl)c2)C1. The molecule has 3 aromatic rings. The van der Waals surface area contributed by atoms with Gasteiger partial charge in [-0.1, -0.05) is 47.5 Å². The van der Waals surface area contributed by atoms with Gasteiger partial charge in [0.15, 0.2) is 0 Å². The summed E-state index contributed by atoms with van der Waals surface area (Å²) >= 11 is 12.0. The van der Waals surface area contributed by atoms with Gasteiger partial charge in [0.2, 0.25) is 0 Å². The van der Waals surface area contributed by atoms with Gasteiger partial charge in [0.1, 0.15) is 5.82 Å². The van der Waals surface area contributed by atoms with Crippen LogP contribution in [-0.4, -0.2) is 46.1 Å². The summed E-state index contributed by atoms with van der Waals surface area (Å²) < 4.78 is 0. The lowest BCUT2D eigenvalue weighted by Crippen LogP contribution is -2.40. The van der Waals surface area contributed by atoms with E-state index in [9.17, 15) is 14.7 Å². The zero-order valence-electron chi connectivity index (χ0n) is 18.1. The van der Waals surface area contributed by atoms with Crippen molar-refractivity contribution in [3.05, 3.63) is 75.9 Å². The molecule has 10 heteroatoms. The molecule has 2 aromatic carbocycles. The number of carbonyl (C=O) groups is 2. The van der Waals surface area contributed by atoms with Crippen molar-refractivity contribution in [2.24, 2.45) is 0 Å². The van der Waals surface area contributed by atoms with Crippen molar-refractivity contribution in [2.45, 2.75) is 19.1 Å². The van der Waals surface area contributed by atoms with Crippen LogP contribution >= 0.6 is 23.2 Å². The second-order valence-electron chi connectivity index (χ2n) is 8.01. The van der Waals surface area contributed by atoms with Gasteiger partial charge in [0, 0.05) is 46.6 Å². The minimum Gasteiger partial charge on any atom is -0.392 e. The number of nitrogen functional groups attached to an aromatic ring is 1. The van der Waals surface area contributed by atoms with Crippen LogP contribution < -0.4 is 16.4 Å². The van der Waals surface area contributed by atoms with Crippen molar-refractivity contribution < 1.29 is 14.7 Å². The van der Waals surface area contributed by atoms with E-state index in [1.54, 1.807) is 47.5 Å². The largest absolute Gasteiger partial charge is 0.392 e. The van der Waals surface area contributed by atoms with Crippen LogP contribution in [0.25, 0.3) is 11.1 Å². The van der Waals surface area contributed by atoms with E-state index in [1.807, 2.05) is 12.1 Å². The number of nitrogens with two attached hydrogens (primary N) is 1. The summed E-state index contributed by atoms with van der Waals surface area (Å²) in [5.74, 6) is -0.230. The van der Waals surface area contributed by atoms with Crippen LogP contribution in [0.1, 0.15) is 22.3 Å². The van der Waals surface area contributed by atoms with Crippen molar-refractivity contribution in [3.8, 4) is 11.1 Å². The molecule has 2 heterocycles. The normalized spacial score (nSPS) is 15.3. The number of anilines is 2. The highest BCUT2D eigenvalue weighted by atomic mass is 35.5. The van der Waals surface area contributed by atoms with Gasteiger partial charge in [-0.15, -0.1) is 0 Å². The van der Waals surface area contributed by atoms with Crippen LogP contribution in [-0.2, 0) is 6.61 Å². The van der Waals surface area contributed by atoms with Crippen molar-refractivity contribution in [1.29, 1.82) is 0 Å². The Labute approximate surface area is 206 Å². The quantitative estimate of drug-likeness (QED) is 0.419. The molecule has 0 saturated carbocycles. The summed E-state index contributed by atoms with van der Waals surface area (Å²) in [6, 6.07) is 13.3. The number of benzene rings is 2. The first-order valence-electron chi connectivity index (χ1n) is 10.6. The molecule has 0 aliphatic carbocycles. The zero-order chi connectivity index (χ0) is 24.2. The number of carbonyl (C=O) groups excluding carboxylic acids is 2. The van der Waals surface area contributed by atoms with Crippen LogP contribution in [0.5, 0.6) is 0 Å². The maximum atomic E-state index is 12.9. The Morgan fingerprint density at radius 2 is 1.79 bits per heavy atom. The van der Waals surface area contributed by atoms with Crippen LogP contribution in [0.4, 0.5) is 16.3 Å². The Morgan fingerprint density at radius 3 is 2.47 bits per heavy atom. The highest BCUT2D eigenvalue weighted by Gasteiger charge is 2.28. The highest BCUT2D eigenvalue weighted by molar-refractivity contribution is 6.35. The number of aliphatic hydroxyl groups excluding tert-OH is 1. The van der Waals surface area contributed by atoms with Gasteiger partial charge in [0.25, 0.3) is 5.91 Å². The van der Waals surface area contributed by atoms with Gasteiger partial charge < -0.3 is 26.4 Å². The van der Waals surface area contributed by atoms with Crippen molar-refractivity contribution in [1.82, 2.24) is 15.2 Å². The lowest BCUT2D eigenvalue weighted by atomic mass is 10.0. The Kier molecular flexibility index (Phi) is 7.21. The summed E-state index contributed by atoms with van der Waals surface area (Å²) in [6.07, 6.45) is 2.20. The third-order valence-corrected chi connectivity index (χ3v) is 5.99. The standard InChI is InChI=1S/C24H23Cl2N5O3/c25-17-8-18(26)10-20(9-17)30-24(34)31-6-5-19(12-31)29-23(33)21-7-16(11-28-22(21)27)15-3-1-14(13-32)2-4-15/h1-4,7-11,19,32H,5-6,12-13H2,(H2,27,28)(H,29,33)(H,30,34)/t19-/m1/s1. The second kappa shape index (κ2) is 10.3. The molecule has 1 aliphatic heterocycles. The number of nitrogens with zero attached hydrogens (tertiary/aromatic N) is 2. The maximum Gasteiger partial charge on any atom is 0.321 e. The lowest BCUT2D eigenvalue weighted by molar-refractivity contribution is 0.0938. The Morgan fingerprint density at radius 1 is 1.09 bits per heavy atom. The fourth-order valence-electron chi connectivity index (χ4n) is 3.77. The molecule has 1 aliphatic rings. The number of likely N-dealkylation sites (tertiary alicyclic amines) is 1. The Balaban J connectivity index is 1.39. The number of halogens is 2. The van der Waals surface area contributed by atoms with E-state index in [0.29, 0.717) is 35.2 Å². The van der Waals surface area contributed by atoms with Gasteiger partial charge in [-0.05, 0) is 41.8 Å². The van der Waals surface area contributed by atoms with E-state index in [4.69, 9.17) is 28.9 Å². The van der Waals surface area contributed by atoms with E-state index in [2.05, 4.69) is 15.6 Å². The molecule has 1 atom stereocenters. The van der Waals surface area contributed by atoms with Gasteiger partial charge in [-0.3, -0.25) is 4.79 Å². The lowest BCUT2D eigenvalue weighted by Gasteiger charge is -2.18. The molecule has 5 N–H and O–H groups in total. The van der Waals surface area contributed by atoms with E-state index in [-0.39, 0.29) is 36.0 Å². The molecule has 0 spiro atoms. The van der Waals surface area contributed by atoms with Crippen molar-refractivity contribution in [3.63, 3.8) is 0 Å². The first-order chi connectivity index (χ1) is 16.3. The third-order valence-electron chi connectivity index (χ3n) is 5.56. The number of rotatable bonds is 5. The predicted octanol–water partition coefficient (Wildman–Crippen LogP) is 4.17. The molecule has 3 amide bonds. The summed E-state index contributed by atoms with van der Waals surface area (Å²) in [7, 11) is 0. The average Bonchev–Trinajstić information content (AvgIpc) is 3.27. The molecule has 34 heavy (non-hydrogen) atoms. The average molecular weight is 500 g/mol. The highest BCUT2D eigenvalue weighted by Crippen LogP contribution is 2.25. The summed E-state index contributed by atoms with van der Waals surface area (Å²) in [5, 5.41) is 15.8. The maximum absolute atomic E-state index is 12.9. The zero-order valence-corrected chi connectivity index (χ0v) is 19.6. The van der Waals surface area contributed by atoms with Gasteiger partial charge in [-0.2, -0.15) is 0 Å². The molecule has 8 nitrogen and oxygen atoms in total.